The maximum atomic E-state index is 13.8. The van der Waals surface area contributed by atoms with Crippen LogP contribution in [0.2, 0.25) is 0 Å². The van der Waals surface area contributed by atoms with Crippen molar-refractivity contribution >= 4 is 30.7 Å². The number of aliphatic carboxylic acids is 1. The number of aromatic nitrogens is 4. The highest BCUT2D eigenvalue weighted by Crippen LogP contribution is 2.45. The topological polar surface area (TPSA) is 184 Å². The number of benzene rings is 2. The van der Waals surface area contributed by atoms with Gasteiger partial charge in [0.25, 0.3) is 0 Å². The van der Waals surface area contributed by atoms with E-state index in [2.05, 4.69) is 32.0 Å². The number of carbonyl (C=O) groups is 1. The molecule has 2 aromatic carbocycles. The number of aliphatic hydroxyl groups is 1. The summed E-state index contributed by atoms with van der Waals surface area (Å²) in [7, 11) is -4.31. The number of hydrogen-bond donors (Lipinski definition) is 4. The summed E-state index contributed by atoms with van der Waals surface area (Å²) in [4.78, 5) is 23.2. The number of imidazole rings is 1. The number of nitrogens with one attached hydrogen (secondary N) is 1. The summed E-state index contributed by atoms with van der Waals surface area (Å²) in [6.07, 6.45) is -2.44. The maximum absolute atomic E-state index is 13.8. The van der Waals surface area contributed by atoms with E-state index in [9.17, 15) is 24.0 Å². The third kappa shape index (κ3) is 7.09. The molecule has 1 saturated heterocycles. The fourth-order valence-corrected chi connectivity index (χ4v) is 5.71. The first-order valence-corrected chi connectivity index (χ1v) is 14.3. The van der Waals surface area contributed by atoms with Gasteiger partial charge in [-0.05, 0) is 30.0 Å². The van der Waals surface area contributed by atoms with E-state index in [1.807, 2.05) is 0 Å². The molecule has 0 radical (unpaired) electrons. The van der Waals surface area contributed by atoms with Crippen molar-refractivity contribution in [2.24, 2.45) is 0 Å². The summed E-state index contributed by atoms with van der Waals surface area (Å²) in [5.74, 6) is 1.60. The standard InChI is InChI=1S/C27H26FN6O7P/c28-27-31-24(29)23-25(32-27)34(16-30-23)12-11-19-14-21(35)22(40-19)15-39-42(38,41-18-9-5-2-6-10-18)33-20(26(36)37)13-17-7-3-1-4-8-17/h1-10,16,19-22,35H,13-15H2,(H,33,38)(H,36,37)(H2,29,31,32)/t19-,20-,21-,22+,42-/m0/s1. The molecular formula is C27H26FN6O7P. The van der Waals surface area contributed by atoms with E-state index in [1.54, 1.807) is 60.7 Å². The van der Waals surface area contributed by atoms with E-state index in [4.69, 9.17) is 19.5 Å². The number of ether oxygens (including phenoxy) is 1. The number of para-hydroxylation sites is 1. The Bertz CT molecular complexity index is 1660. The van der Waals surface area contributed by atoms with Crippen molar-refractivity contribution in [1.29, 1.82) is 0 Å². The van der Waals surface area contributed by atoms with Gasteiger partial charge in [0, 0.05) is 12.5 Å². The van der Waals surface area contributed by atoms with Crippen LogP contribution in [0.1, 0.15) is 12.0 Å². The Balaban J connectivity index is 1.29. The first-order chi connectivity index (χ1) is 20.2. The third-order valence-electron chi connectivity index (χ3n) is 6.24. The van der Waals surface area contributed by atoms with Gasteiger partial charge in [-0.15, -0.1) is 0 Å². The molecule has 13 nitrogen and oxygen atoms in total. The molecule has 5 rings (SSSR count). The van der Waals surface area contributed by atoms with Gasteiger partial charge in [0.2, 0.25) is 0 Å². The van der Waals surface area contributed by atoms with Gasteiger partial charge in [-0.2, -0.15) is 19.4 Å². The van der Waals surface area contributed by atoms with Crippen LogP contribution < -0.4 is 15.3 Å². The zero-order valence-electron chi connectivity index (χ0n) is 21.9. The summed E-state index contributed by atoms with van der Waals surface area (Å²) in [6, 6.07) is 18.4. The normalized spacial score (nSPS) is 20.4. The van der Waals surface area contributed by atoms with E-state index >= 15 is 0 Å². The summed E-state index contributed by atoms with van der Waals surface area (Å²) in [5, 5.41) is 23.0. The molecule has 4 aromatic rings. The average molecular weight is 597 g/mol. The number of nitrogens with zero attached hydrogens (tertiary/aromatic N) is 4. The third-order valence-corrected chi connectivity index (χ3v) is 7.81. The number of fused-ring (bicyclic) bond motifs is 1. The number of carboxylic acid groups (broad SMARTS) is 1. The molecule has 2 aromatic heterocycles. The summed E-state index contributed by atoms with van der Waals surface area (Å²) >= 11 is 0. The number of halogens is 1. The molecule has 15 heteroatoms. The largest absolute Gasteiger partial charge is 0.480 e. The number of nitrogens with two attached hydrogens (primary N) is 1. The fraction of sp³-hybridized carbons (Fsp3) is 0.259. The van der Waals surface area contributed by atoms with Gasteiger partial charge >= 0.3 is 19.8 Å². The highest BCUT2D eigenvalue weighted by Gasteiger charge is 2.39. The zero-order valence-corrected chi connectivity index (χ0v) is 22.8. The number of aliphatic hydroxyl groups excluding tert-OH is 1. The monoisotopic (exact) mass is 596 g/mol. The molecular weight excluding hydrogens is 570 g/mol. The number of anilines is 1. The van der Waals surface area contributed by atoms with E-state index in [0.717, 1.165) is 0 Å². The quantitative estimate of drug-likeness (QED) is 0.119. The first-order valence-electron chi connectivity index (χ1n) is 12.7. The van der Waals surface area contributed by atoms with Crippen LogP contribution in [0.3, 0.4) is 0 Å². The molecule has 1 aliphatic heterocycles. The van der Waals surface area contributed by atoms with Crippen molar-refractivity contribution in [2.75, 3.05) is 12.3 Å². The van der Waals surface area contributed by atoms with E-state index in [1.165, 1.54) is 10.9 Å². The number of carboxylic acids is 1. The number of nitrogen functional groups attached to an aromatic ring is 1. The van der Waals surface area contributed by atoms with Crippen LogP contribution in [0.15, 0.2) is 67.0 Å². The Morgan fingerprint density at radius 2 is 1.93 bits per heavy atom. The maximum Gasteiger partial charge on any atom is 0.459 e. The minimum absolute atomic E-state index is 0.00525. The average Bonchev–Trinajstić information content (AvgIpc) is 3.54. The zero-order chi connectivity index (χ0) is 29.7. The lowest BCUT2D eigenvalue weighted by Crippen LogP contribution is -2.39. The molecule has 42 heavy (non-hydrogen) atoms. The lowest BCUT2D eigenvalue weighted by molar-refractivity contribution is -0.139. The number of hydrogen-bond acceptors (Lipinski definition) is 10. The molecule has 5 atom stereocenters. The predicted octanol–water partition coefficient (Wildman–Crippen LogP) is 2.36. The highest BCUT2D eigenvalue weighted by atomic mass is 31.2. The van der Waals surface area contributed by atoms with Crippen LogP contribution in [-0.2, 0) is 25.0 Å². The van der Waals surface area contributed by atoms with Crippen molar-refractivity contribution in [2.45, 2.75) is 37.2 Å². The van der Waals surface area contributed by atoms with Crippen LogP contribution in [0.4, 0.5) is 10.2 Å². The Hall–Kier alpha value is -4.38. The molecule has 0 spiro atoms. The SMILES string of the molecule is Nc1nc(F)nc2c1ncn2C#C[C@H]1C[C@H](O)[C@@H](CO[P@@](=O)(N[C@@H](Cc2ccccc2)C(=O)O)Oc2ccccc2)O1. The van der Waals surface area contributed by atoms with E-state index < -0.39 is 50.8 Å². The molecule has 0 unspecified atom stereocenters. The second-order valence-electron chi connectivity index (χ2n) is 9.29. The van der Waals surface area contributed by atoms with Gasteiger partial charge in [-0.1, -0.05) is 48.5 Å². The van der Waals surface area contributed by atoms with Crippen LogP contribution in [-0.4, -0.2) is 66.7 Å². The highest BCUT2D eigenvalue weighted by molar-refractivity contribution is 7.52. The van der Waals surface area contributed by atoms with Crippen molar-refractivity contribution in [1.82, 2.24) is 24.6 Å². The van der Waals surface area contributed by atoms with Crippen molar-refractivity contribution < 1.29 is 37.7 Å². The van der Waals surface area contributed by atoms with Crippen molar-refractivity contribution in [3.05, 3.63) is 78.6 Å². The van der Waals surface area contributed by atoms with Gasteiger partial charge in [-0.3, -0.25) is 9.32 Å². The first kappa shape index (κ1) is 29.1. The van der Waals surface area contributed by atoms with E-state index in [0.29, 0.717) is 5.56 Å². The van der Waals surface area contributed by atoms with Crippen LogP contribution in [0, 0.1) is 18.0 Å². The summed E-state index contributed by atoms with van der Waals surface area (Å²) < 4.78 is 45.8. The predicted molar refractivity (Wildman–Crippen MR) is 147 cm³/mol. The molecule has 0 saturated carbocycles. The second-order valence-corrected chi connectivity index (χ2v) is 11.0. The minimum atomic E-state index is -4.31. The molecule has 5 N–H and O–H groups in total. The molecule has 3 heterocycles. The van der Waals surface area contributed by atoms with Gasteiger partial charge in [0.05, 0.1) is 12.7 Å². The van der Waals surface area contributed by atoms with Gasteiger partial charge in [0.15, 0.2) is 17.0 Å². The van der Waals surface area contributed by atoms with Crippen LogP contribution >= 0.6 is 7.75 Å². The second kappa shape index (κ2) is 12.6. The number of rotatable bonds is 10. The summed E-state index contributed by atoms with van der Waals surface area (Å²) in [6.45, 7) is -0.406. The minimum Gasteiger partial charge on any atom is -0.480 e. The van der Waals surface area contributed by atoms with Gasteiger partial charge < -0.3 is 25.2 Å². The smallest absolute Gasteiger partial charge is 0.459 e. The molecule has 1 fully saturated rings. The fourth-order valence-electron chi connectivity index (χ4n) is 4.20. The van der Waals surface area contributed by atoms with E-state index in [-0.39, 0.29) is 35.6 Å². The van der Waals surface area contributed by atoms with Crippen LogP contribution in [0.25, 0.3) is 11.2 Å². The Labute approximate surface area is 239 Å². The Morgan fingerprint density at radius 3 is 2.64 bits per heavy atom. The van der Waals surface area contributed by atoms with Gasteiger partial charge in [-0.25, -0.2) is 14.1 Å². The lowest BCUT2D eigenvalue weighted by Gasteiger charge is -2.25. The van der Waals surface area contributed by atoms with Crippen molar-refractivity contribution in [3.63, 3.8) is 0 Å². The molecule has 218 valence electrons. The van der Waals surface area contributed by atoms with Crippen molar-refractivity contribution in [3.8, 4) is 17.7 Å². The van der Waals surface area contributed by atoms with Gasteiger partial charge in [0.1, 0.15) is 30.3 Å². The molecule has 0 bridgehead atoms. The lowest BCUT2D eigenvalue weighted by atomic mass is 10.1. The molecule has 0 amide bonds. The molecule has 1 aliphatic rings. The van der Waals surface area contributed by atoms with Crippen LogP contribution in [0.5, 0.6) is 5.75 Å². The Kier molecular flexibility index (Phi) is 8.77. The molecule has 0 aliphatic carbocycles. The Morgan fingerprint density at radius 1 is 1.21 bits per heavy atom. The summed E-state index contributed by atoms with van der Waals surface area (Å²) in [5.41, 5.74) is 6.61.